The van der Waals surface area contributed by atoms with Crippen molar-refractivity contribution in [3.8, 4) is 0 Å². The molecule has 138 valence electrons. The van der Waals surface area contributed by atoms with Crippen LogP contribution < -0.4 is 15.1 Å². The fourth-order valence-corrected chi connectivity index (χ4v) is 3.01. The van der Waals surface area contributed by atoms with Crippen LogP contribution >= 0.6 is 0 Å². The molecule has 0 unspecified atom stereocenters. The predicted octanol–water partition coefficient (Wildman–Crippen LogP) is 2.58. The second kappa shape index (κ2) is 8.65. The van der Waals surface area contributed by atoms with Crippen LogP contribution in [0.4, 0.5) is 11.6 Å². The summed E-state index contributed by atoms with van der Waals surface area (Å²) in [6, 6.07) is 9.65. The number of nitrogens with zero attached hydrogens (tertiary/aromatic N) is 4. The van der Waals surface area contributed by atoms with Crippen molar-refractivity contribution in [1.29, 1.82) is 0 Å². The maximum Gasteiger partial charge on any atom is 0.251 e. The molecule has 0 aromatic carbocycles. The molecule has 3 rings (SSSR count). The van der Waals surface area contributed by atoms with E-state index in [2.05, 4.69) is 38.9 Å². The molecule has 2 aromatic rings. The van der Waals surface area contributed by atoms with E-state index in [9.17, 15) is 4.79 Å². The molecule has 26 heavy (non-hydrogen) atoms. The van der Waals surface area contributed by atoms with Crippen LogP contribution in [0, 0.1) is 5.92 Å². The van der Waals surface area contributed by atoms with Gasteiger partial charge in [0.05, 0.1) is 0 Å². The van der Waals surface area contributed by atoms with Gasteiger partial charge in [-0.25, -0.2) is 9.97 Å². The number of pyridine rings is 2. The average molecular weight is 353 g/mol. The number of anilines is 2. The molecule has 1 amide bonds. The number of hydrogen-bond donors (Lipinski definition) is 1. The van der Waals surface area contributed by atoms with Gasteiger partial charge in [0.1, 0.15) is 11.6 Å². The number of nitrogens with one attached hydrogen (secondary N) is 1. The highest BCUT2D eigenvalue weighted by molar-refractivity contribution is 5.94. The first-order valence-corrected chi connectivity index (χ1v) is 9.28. The van der Waals surface area contributed by atoms with Crippen molar-refractivity contribution in [2.24, 2.45) is 5.92 Å². The molecule has 0 aliphatic carbocycles. The second-order valence-electron chi connectivity index (χ2n) is 7.00. The molecule has 3 heterocycles. The van der Waals surface area contributed by atoms with E-state index in [1.165, 1.54) is 0 Å². The van der Waals surface area contributed by atoms with E-state index >= 15 is 0 Å². The zero-order valence-electron chi connectivity index (χ0n) is 15.6. The molecule has 0 saturated carbocycles. The van der Waals surface area contributed by atoms with Gasteiger partial charge in [-0.15, -0.1) is 0 Å². The summed E-state index contributed by atoms with van der Waals surface area (Å²) in [4.78, 5) is 25.7. The zero-order chi connectivity index (χ0) is 18.4. The minimum atomic E-state index is -0.0265. The van der Waals surface area contributed by atoms with E-state index in [1.54, 1.807) is 12.3 Å². The third-order valence-corrected chi connectivity index (χ3v) is 4.59. The van der Waals surface area contributed by atoms with Gasteiger partial charge in [0.15, 0.2) is 0 Å². The summed E-state index contributed by atoms with van der Waals surface area (Å²) >= 11 is 0. The minimum Gasteiger partial charge on any atom is -0.353 e. The summed E-state index contributed by atoms with van der Waals surface area (Å²) in [5.41, 5.74) is 0.672. The summed E-state index contributed by atoms with van der Waals surface area (Å²) in [6.45, 7) is 8.52. The molecule has 0 atom stereocenters. The number of amides is 1. The largest absolute Gasteiger partial charge is 0.353 e. The van der Waals surface area contributed by atoms with Crippen molar-refractivity contribution in [2.75, 3.05) is 42.5 Å². The molecule has 1 aliphatic heterocycles. The van der Waals surface area contributed by atoms with E-state index in [-0.39, 0.29) is 5.91 Å². The maximum atomic E-state index is 12.3. The predicted molar refractivity (Wildman–Crippen MR) is 105 cm³/mol. The topological polar surface area (TPSA) is 61.4 Å². The summed E-state index contributed by atoms with van der Waals surface area (Å²) in [6.07, 6.45) is 4.53. The Labute approximate surface area is 155 Å². The quantitative estimate of drug-likeness (QED) is 0.865. The average Bonchev–Trinajstić information content (AvgIpc) is 2.68. The van der Waals surface area contributed by atoms with E-state index < -0.39 is 0 Å². The van der Waals surface area contributed by atoms with Gasteiger partial charge in [0.25, 0.3) is 5.91 Å². The van der Waals surface area contributed by atoms with Crippen LogP contribution in [0.3, 0.4) is 0 Å². The van der Waals surface area contributed by atoms with Crippen molar-refractivity contribution in [3.05, 3.63) is 48.3 Å². The second-order valence-corrected chi connectivity index (χ2v) is 7.00. The number of carbonyl (C=O) groups is 1. The van der Waals surface area contributed by atoms with Crippen molar-refractivity contribution in [2.45, 2.75) is 20.3 Å². The van der Waals surface area contributed by atoms with Crippen LogP contribution in [0.15, 0.2) is 42.7 Å². The monoisotopic (exact) mass is 353 g/mol. The molecule has 1 N–H and O–H groups in total. The maximum absolute atomic E-state index is 12.3. The van der Waals surface area contributed by atoms with Crippen LogP contribution in [0.1, 0.15) is 30.6 Å². The van der Waals surface area contributed by atoms with Crippen LogP contribution in [0.25, 0.3) is 0 Å². The van der Waals surface area contributed by atoms with Gasteiger partial charge in [-0.2, -0.15) is 0 Å². The smallest absolute Gasteiger partial charge is 0.251 e. The Hall–Kier alpha value is -2.63. The molecule has 1 fully saturated rings. The normalized spacial score (nSPS) is 14.6. The molecule has 0 bridgehead atoms. The first-order chi connectivity index (χ1) is 12.6. The molecule has 6 heteroatoms. The van der Waals surface area contributed by atoms with E-state index in [4.69, 9.17) is 0 Å². The van der Waals surface area contributed by atoms with Crippen LogP contribution in [0.5, 0.6) is 0 Å². The Morgan fingerprint density at radius 3 is 2.38 bits per heavy atom. The Morgan fingerprint density at radius 2 is 1.73 bits per heavy atom. The summed E-state index contributed by atoms with van der Waals surface area (Å²) < 4.78 is 0. The first kappa shape index (κ1) is 18.2. The molecule has 0 radical (unpaired) electrons. The van der Waals surface area contributed by atoms with E-state index in [0.717, 1.165) is 44.2 Å². The Morgan fingerprint density at radius 1 is 1.04 bits per heavy atom. The molecular formula is C20H27N5O. The molecule has 1 aliphatic rings. The van der Waals surface area contributed by atoms with E-state index in [1.807, 2.05) is 30.5 Å². The third-order valence-electron chi connectivity index (χ3n) is 4.59. The van der Waals surface area contributed by atoms with Gasteiger partial charge in [-0.05, 0) is 36.6 Å². The third kappa shape index (κ3) is 4.71. The number of rotatable bonds is 6. The highest BCUT2D eigenvalue weighted by atomic mass is 16.1. The molecule has 6 nitrogen and oxygen atoms in total. The van der Waals surface area contributed by atoms with Gasteiger partial charge in [0.2, 0.25) is 0 Å². The lowest BCUT2D eigenvalue weighted by atomic mass is 10.1. The fourth-order valence-electron chi connectivity index (χ4n) is 3.01. The molecular weight excluding hydrogens is 326 g/mol. The summed E-state index contributed by atoms with van der Waals surface area (Å²) in [5, 5.41) is 2.99. The lowest BCUT2D eigenvalue weighted by molar-refractivity contribution is 0.0952. The summed E-state index contributed by atoms with van der Waals surface area (Å²) in [5.74, 6) is 2.43. The van der Waals surface area contributed by atoms with Crippen molar-refractivity contribution in [1.82, 2.24) is 15.3 Å². The molecule has 1 saturated heterocycles. The molecule has 2 aromatic heterocycles. The fraction of sp³-hybridized carbons (Fsp3) is 0.450. The van der Waals surface area contributed by atoms with Crippen LogP contribution in [-0.2, 0) is 0 Å². The van der Waals surface area contributed by atoms with Crippen LogP contribution in [-0.4, -0.2) is 48.6 Å². The lowest BCUT2D eigenvalue weighted by Gasteiger charge is -2.36. The minimum absolute atomic E-state index is 0.0265. The highest BCUT2D eigenvalue weighted by Crippen LogP contribution is 2.18. The van der Waals surface area contributed by atoms with Gasteiger partial charge in [0, 0.05) is 50.7 Å². The number of hydrogen-bond acceptors (Lipinski definition) is 5. The highest BCUT2D eigenvalue weighted by Gasteiger charge is 2.19. The summed E-state index contributed by atoms with van der Waals surface area (Å²) in [7, 11) is 0. The van der Waals surface area contributed by atoms with Gasteiger partial charge in [-0.3, -0.25) is 4.79 Å². The van der Waals surface area contributed by atoms with E-state index in [0.29, 0.717) is 18.0 Å². The Kier molecular flexibility index (Phi) is 6.04. The van der Waals surface area contributed by atoms with Gasteiger partial charge in [-0.1, -0.05) is 19.9 Å². The van der Waals surface area contributed by atoms with Crippen molar-refractivity contribution in [3.63, 3.8) is 0 Å². The van der Waals surface area contributed by atoms with Gasteiger partial charge < -0.3 is 15.1 Å². The Bertz CT molecular complexity index is 711. The Balaban J connectivity index is 1.58. The number of aromatic nitrogens is 2. The zero-order valence-corrected chi connectivity index (χ0v) is 15.6. The lowest BCUT2D eigenvalue weighted by Crippen LogP contribution is -2.47. The van der Waals surface area contributed by atoms with Crippen molar-refractivity contribution >= 4 is 17.5 Å². The van der Waals surface area contributed by atoms with Crippen LogP contribution in [0.2, 0.25) is 0 Å². The van der Waals surface area contributed by atoms with Gasteiger partial charge >= 0.3 is 0 Å². The van der Waals surface area contributed by atoms with Crippen molar-refractivity contribution < 1.29 is 4.79 Å². The SMILES string of the molecule is CC(C)CCNC(=O)c1ccnc(N2CCN(c3ccccn3)CC2)c1. The first-order valence-electron chi connectivity index (χ1n) is 9.28. The number of piperazine rings is 1. The number of carbonyl (C=O) groups excluding carboxylic acids is 1. The standard InChI is InChI=1S/C20H27N5O/c1-16(2)6-9-23-20(26)17-7-10-22-19(15-17)25-13-11-24(12-14-25)18-5-3-4-8-21-18/h3-5,7-8,10,15-16H,6,9,11-14H2,1-2H3,(H,23,26). The molecule has 0 spiro atoms.